The number of rotatable bonds is 8. The van der Waals surface area contributed by atoms with Crippen molar-refractivity contribution in [2.75, 3.05) is 17.7 Å². The molecule has 0 heterocycles. The quantitative estimate of drug-likeness (QED) is 0.440. The van der Waals surface area contributed by atoms with Gasteiger partial charge < -0.3 is 10.1 Å². The van der Waals surface area contributed by atoms with E-state index < -0.39 is 0 Å². The van der Waals surface area contributed by atoms with Crippen molar-refractivity contribution in [3.63, 3.8) is 0 Å². The van der Waals surface area contributed by atoms with Crippen LogP contribution in [0.1, 0.15) is 12.5 Å². The third kappa shape index (κ3) is 7.27. The fraction of sp³-hybridized carbons (Fsp3) is 0.200. The van der Waals surface area contributed by atoms with Gasteiger partial charge in [-0.2, -0.15) is 0 Å². The minimum absolute atomic E-state index is 0.0458. The summed E-state index contributed by atoms with van der Waals surface area (Å²) in [6, 6.07) is 17.3. The Bertz CT molecular complexity index is 729. The highest BCUT2D eigenvalue weighted by Gasteiger charge is 2.04. The maximum atomic E-state index is 12.1. The molecule has 1 amide bonds. The summed E-state index contributed by atoms with van der Waals surface area (Å²) in [5.74, 6) is 0.279. The molecular weight excluding hydrogens is 334 g/mol. The molecule has 5 heteroatoms. The average Bonchev–Trinajstić information content (AvgIpc) is 2.60. The third-order valence-electron chi connectivity index (χ3n) is 3.21. The molecule has 25 heavy (non-hydrogen) atoms. The summed E-state index contributed by atoms with van der Waals surface area (Å²) >= 11 is 1.58. The van der Waals surface area contributed by atoms with Crippen molar-refractivity contribution >= 4 is 29.3 Å². The maximum Gasteiger partial charge on any atom is 0.330 e. The Morgan fingerprint density at radius 2 is 1.92 bits per heavy atom. The van der Waals surface area contributed by atoms with E-state index in [-0.39, 0.29) is 11.9 Å². The van der Waals surface area contributed by atoms with E-state index in [1.54, 1.807) is 24.8 Å². The van der Waals surface area contributed by atoms with E-state index in [1.807, 2.05) is 54.6 Å². The first-order valence-electron chi connectivity index (χ1n) is 8.07. The number of ether oxygens (including phenoxy) is 1. The van der Waals surface area contributed by atoms with Crippen LogP contribution >= 0.6 is 11.8 Å². The van der Waals surface area contributed by atoms with E-state index in [9.17, 15) is 9.59 Å². The minimum Gasteiger partial charge on any atom is -0.463 e. The summed E-state index contributed by atoms with van der Waals surface area (Å²) in [5, 5.41) is 2.91. The van der Waals surface area contributed by atoms with Gasteiger partial charge in [0.25, 0.3) is 0 Å². The molecule has 2 aromatic rings. The second kappa shape index (κ2) is 10.4. The number of thioether (sulfide) groups is 1. The van der Waals surface area contributed by atoms with E-state index in [0.717, 1.165) is 16.1 Å². The van der Waals surface area contributed by atoms with Crippen molar-refractivity contribution < 1.29 is 14.3 Å². The predicted molar refractivity (Wildman–Crippen MR) is 102 cm³/mol. The normalized spacial score (nSPS) is 10.6. The lowest BCUT2D eigenvalue weighted by Gasteiger charge is -2.07. The largest absolute Gasteiger partial charge is 0.463 e. The Balaban J connectivity index is 1.84. The summed E-state index contributed by atoms with van der Waals surface area (Å²) in [5.41, 5.74) is 1.75. The van der Waals surface area contributed by atoms with Crippen LogP contribution in [0, 0.1) is 0 Å². The van der Waals surface area contributed by atoms with Crippen LogP contribution in [0.4, 0.5) is 5.69 Å². The lowest BCUT2D eigenvalue weighted by Crippen LogP contribution is -2.14. The SMILES string of the molecule is CCOC(=O)/C=C/CSc1cccc(NC(=O)Cc2ccccc2)c1. The Morgan fingerprint density at radius 1 is 1.12 bits per heavy atom. The average molecular weight is 355 g/mol. The smallest absolute Gasteiger partial charge is 0.330 e. The number of hydrogen-bond acceptors (Lipinski definition) is 4. The molecule has 0 bridgehead atoms. The summed E-state index contributed by atoms with van der Waals surface area (Å²) in [6.45, 7) is 2.15. The molecule has 0 radical (unpaired) electrons. The fourth-order valence-electron chi connectivity index (χ4n) is 2.13. The van der Waals surface area contributed by atoms with Crippen LogP contribution in [0.3, 0.4) is 0 Å². The van der Waals surface area contributed by atoms with E-state index >= 15 is 0 Å². The Hall–Kier alpha value is -2.53. The van der Waals surface area contributed by atoms with Crippen molar-refractivity contribution in [3.05, 3.63) is 72.3 Å². The molecule has 0 atom stereocenters. The number of amides is 1. The number of carbonyl (C=O) groups is 2. The molecule has 2 aromatic carbocycles. The van der Waals surface area contributed by atoms with Gasteiger partial charge in [-0.25, -0.2) is 4.79 Å². The molecule has 0 saturated heterocycles. The van der Waals surface area contributed by atoms with Crippen molar-refractivity contribution in [3.8, 4) is 0 Å². The van der Waals surface area contributed by atoms with Crippen LogP contribution < -0.4 is 5.32 Å². The number of esters is 1. The second-order valence-corrected chi connectivity index (χ2v) is 6.30. The molecule has 0 unspecified atom stereocenters. The lowest BCUT2D eigenvalue weighted by atomic mass is 10.1. The van der Waals surface area contributed by atoms with Gasteiger partial charge in [0.2, 0.25) is 5.91 Å². The van der Waals surface area contributed by atoms with Gasteiger partial charge in [-0.05, 0) is 30.7 Å². The topological polar surface area (TPSA) is 55.4 Å². The minimum atomic E-state index is -0.329. The number of hydrogen-bond donors (Lipinski definition) is 1. The fourth-order valence-corrected chi connectivity index (χ4v) is 2.90. The molecule has 0 spiro atoms. The summed E-state index contributed by atoms with van der Waals surface area (Å²) < 4.78 is 4.82. The third-order valence-corrected chi connectivity index (χ3v) is 4.16. The molecule has 1 N–H and O–H groups in total. The molecule has 0 aliphatic carbocycles. The van der Waals surface area contributed by atoms with Crippen LogP contribution in [-0.2, 0) is 20.7 Å². The van der Waals surface area contributed by atoms with Crippen molar-refractivity contribution in [1.29, 1.82) is 0 Å². The molecule has 0 fully saturated rings. The molecular formula is C20H21NO3S. The van der Waals surface area contributed by atoms with Crippen molar-refractivity contribution in [2.45, 2.75) is 18.2 Å². The van der Waals surface area contributed by atoms with E-state index in [0.29, 0.717) is 18.8 Å². The first kappa shape index (κ1) is 18.8. The predicted octanol–water partition coefficient (Wildman–Crippen LogP) is 4.08. The summed E-state index contributed by atoms with van der Waals surface area (Å²) in [7, 11) is 0. The number of nitrogens with one attached hydrogen (secondary N) is 1. The summed E-state index contributed by atoms with van der Waals surface area (Å²) in [6.07, 6.45) is 3.55. The van der Waals surface area contributed by atoms with Gasteiger partial charge in [-0.3, -0.25) is 4.79 Å². The Labute approximate surface area is 152 Å². The number of carbonyl (C=O) groups excluding carboxylic acids is 2. The van der Waals surface area contributed by atoms with Gasteiger partial charge in [0.15, 0.2) is 0 Å². The van der Waals surface area contributed by atoms with Crippen molar-refractivity contribution in [2.24, 2.45) is 0 Å². The van der Waals surface area contributed by atoms with Crippen LogP contribution in [0.5, 0.6) is 0 Å². The molecule has 0 saturated carbocycles. The van der Waals surface area contributed by atoms with Gasteiger partial charge >= 0.3 is 5.97 Å². The summed E-state index contributed by atoms with van der Waals surface area (Å²) in [4.78, 5) is 24.3. The monoisotopic (exact) mass is 355 g/mol. The molecule has 0 aromatic heterocycles. The molecule has 130 valence electrons. The lowest BCUT2D eigenvalue weighted by molar-refractivity contribution is -0.137. The molecule has 4 nitrogen and oxygen atoms in total. The highest BCUT2D eigenvalue weighted by Crippen LogP contribution is 2.22. The molecule has 2 rings (SSSR count). The van der Waals surface area contributed by atoms with Crippen LogP contribution in [0.25, 0.3) is 0 Å². The van der Waals surface area contributed by atoms with E-state index in [4.69, 9.17) is 4.74 Å². The number of anilines is 1. The van der Waals surface area contributed by atoms with Gasteiger partial charge in [-0.15, -0.1) is 11.8 Å². The van der Waals surface area contributed by atoms with Crippen molar-refractivity contribution in [1.82, 2.24) is 0 Å². The zero-order chi connectivity index (χ0) is 17.9. The van der Waals surface area contributed by atoms with E-state index in [2.05, 4.69) is 5.32 Å². The van der Waals surface area contributed by atoms with Gasteiger partial charge in [0, 0.05) is 22.4 Å². The number of benzene rings is 2. The van der Waals surface area contributed by atoms with Gasteiger partial charge in [0.1, 0.15) is 0 Å². The second-order valence-electron chi connectivity index (χ2n) is 5.20. The molecule has 0 aliphatic rings. The zero-order valence-corrected chi connectivity index (χ0v) is 14.9. The zero-order valence-electron chi connectivity index (χ0n) is 14.1. The Morgan fingerprint density at radius 3 is 2.68 bits per heavy atom. The highest BCUT2D eigenvalue weighted by atomic mass is 32.2. The van der Waals surface area contributed by atoms with Gasteiger partial charge in [0.05, 0.1) is 13.0 Å². The first-order valence-corrected chi connectivity index (χ1v) is 9.06. The standard InChI is InChI=1S/C20H21NO3S/c1-2-24-20(23)12-7-13-25-18-11-6-10-17(15-18)21-19(22)14-16-8-4-3-5-9-16/h3-12,15H,2,13-14H2,1H3,(H,21,22)/b12-7+. The van der Waals surface area contributed by atoms with Crippen LogP contribution in [0.2, 0.25) is 0 Å². The first-order chi connectivity index (χ1) is 12.2. The molecule has 0 aliphatic heterocycles. The van der Waals surface area contributed by atoms with Crippen LogP contribution in [-0.4, -0.2) is 24.2 Å². The highest BCUT2D eigenvalue weighted by molar-refractivity contribution is 7.99. The van der Waals surface area contributed by atoms with E-state index in [1.165, 1.54) is 6.08 Å². The van der Waals surface area contributed by atoms with Crippen LogP contribution in [0.15, 0.2) is 71.6 Å². The van der Waals surface area contributed by atoms with Gasteiger partial charge in [-0.1, -0.05) is 42.5 Å². The maximum absolute atomic E-state index is 12.1. The Kier molecular flexibility index (Phi) is 7.79.